The van der Waals surface area contributed by atoms with E-state index < -0.39 is 0 Å². The highest BCUT2D eigenvalue weighted by Crippen LogP contribution is 2.26. The SMILES string of the molecule is CCNC(=NCC(c1ccco1)N1CCCCC1)NCC1CCN(c2ccccc2)C1.I. The fourth-order valence-electron chi connectivity index (χ4n) is 4.73. The molecule has 0 radical (unpaired) electrons. The van der Waals surface area contributed by atoms with Gasteiger partial charge >= 0.3 is 0 Å². The standard InChI is InChI=1S/C25H37N5O.HI/c1-2-26-25(27-18-21-13-16-30(20-21)22-10-5-3-6-11-22)28-19-23(24-12-9-17-31-24)29-14-7-4-8-15-29;/h3,5-6,9-12,17,21,23H,2,4,7-8,13-16,18-20H2,1H3,(H2,26,27,28);1H. The Balaban J connectivity index is 0.00000289. The summed E-state index contributed by atoms with van der Waals surface area (Å²) < 4.78 is 5.78. The number of hydrogen-bond donors (Lipinski definition) is 2. The van der Waals surface area contributed by atoms with E-state index in [2.05, 4.69) is 63.8 Å². The van der Waals surface area contributed by atoms with E-state index in [0.29, 0.717) is 12.5 Å². The van der Waals surface area contributed by atoms with Crippen molar-refractivity contribution in [3.63, 3.8) is 0 Å². The molecule has 0 amide bonds. The quantitative estimate of drug-likeness (QED) is 0.288. The predicted octanol–water partition coefficient (Wildman–Crippen LogP) is 4.51. The lowest BCUT2D eigenvalue weighted by Gasteiger charge is -2.32. The van der Waals surface area contributed by atoms with Crippen LogP contribution < -0.4 is 15.5 Å². The van der Waals surface area contributed by atoms with Gasteiger partial charge in [0.15, 0.2) is 5.96 Å². The Kier molecular flexibility index (Phi) is 10.2. The zero-order valence-electron chi connectivity index (χ0n) is 19.2. The summed E-state index contributed by atoms with van der Waals surface area (Å²) in [4.78, 5) is 9.98. The zero-order chi connectivity index (χ0) is 21.3. The third-order valence-corrected chi connectivity index (χ3v) is 6.43. The van der Waals surface area contributed by atoms with Gasteiger partial charge in [-0.1, -0.05) is 24.6 Å². The van der Waals surface area contributed by atoms with Crippen LogP contribution in [0, 0.1) is 5.92 Å². The molecule has 0 spiro atoms. The van der Waals surface area contributed by atoms with Crippen LogP contribution in [-0.2, 0) is 0 Å². The summed E-state index contributed by atoms with van der Waals surface area (Å²) >= 11 is 0. The molecule has 0 bridgehead atoms. The van der Waals surface area contributed by atoms with Gasteiger partial charge in [-0.2, -0.15) is 0 Å². The number of likely N-dealkylation sites (tertiary alicyclic amines) is 1. The summed E-state index contributed by atoms with van der Waals surface area (Å²) in [5, 5.41) is 7.03. The third kappa shape index (κ3) is 6.88. The lowest BCUT2D eigenvalue weighted by Crippen LogP contribution is -2.41. The first-order valence-electron chi connectivity index (χ1n) is 11.9. The minimum Gasteiger partial charge on any atom is -0.468 e. The van der Waals surface area contributed by atoms with Crippen molar-refractivity contribution in [1.29, 1.82) is 0 Å². The van der Waals surface area contributed by atoms with Crippen molar-refractivity contribution in [3.05, 3.63) is 54.5 Å². The number of halogens is 1. The predicted molar refractivity (Wildman–Crippen MR) is 143 cm³/mol. The number of para-hydroxylation sites is 1. The third-order valence-electron chi connectivity index (χ3n) is 6.43. The van der Waals surface area contributed by atoms with Gasteiger partial charge in [0.05, 0.1) is 18.8 Å². The molecule has 7 heteroatoms. The van der Waals surface area contributed by atoms with Gasteiger partial charge < -0.3 is 20.0 Å². The first-order valence-corrected chi connectivity index (χ1v) is 11.9. The van der Waals surface area contributed by atoms with Crippen LogP contribution in [0.15, 0.2) is 58.1 Å². The molecule has 2 N–H and O–H groups in total. The number of nitrogens with one attached hydrogen (secondary N) is 2. The monoisotopic (exact) mass is 551 g/mol. The molecule has 2 atom stereocenters. The fourth-order valence-corrected chi connectivity index (χ4v) is 4.73. The highest BCUT2D eigenvalue weighted by molar-refractivity contribution is 14.0. The Bertz CT molecular complexity index is 792. The van der Waals surface area contributed by atoms with E-state index >= 15 is 0 Å². The van der Waals surface area contributed by atoms with Gasteiger partial charge in [-0.05, 0) is 69.5 Å². The molecule has 6 nitrogen and oxygen atoms in total. The van der Waals surface area contributed by atoms with Crippen molar-refractivity contribution in [1.82, 2.24) is 15.5 Å². The lowest BCUT2D eigenvalue weighted by atomic mass is 10.1. The average Bonchev–Trinajstić information content (AvgIpc) is 3.52. The average molecular weight is 552 g/mol. The number of rotatable bonds is 8. The number of aliphatic imine (C=N–C) groups is 1. The Labute approximate surface area is 209 Å². The summed E-state index contributed by atoms with van der Waals surface area (Å²) in [7, 11) is 0. The van der Waals surface area contributed by atoms with Gasteiger partial charge in [-0.25, -0.2) is 0 Å². The number of anilines is 1. The molecular weight excluding hydrogens is 513 g/mol. The molecule has 0 aliphatic carbocycles. The molecule has 2 saturated heterocycles. The molecule has 2 aliphatic heterocycles. The fraction of sp³-hybridized carbons (Fsp3) is 0.560. The summed E-state index contributed by atoms with van der Waals surface area (Å²) in [5.41, 5.74) is 1.33. The molecule has 2 aromatic rings. The van der Waals surface area contributed by atoms with E-state index in [1.165, 1.54) is 31.4 Å². The second kappa shape index (κ2) is 13.1. The van der Waals surface area contributed by atoms with Gasteiger partial charge in [0.1, 0.15) is 5.76 Å². The molecule has 176 valence electrons. The number of guanidine groups is 1. The van der Waals surface area contributed by atoms with Crippen molar-refractivity contribution in [2.45, 2.75) is 38.6 Å². The number of piperidine rings is 1. The van der Waals surface area contributed by atoms with Gasteiger partial charge in [0, 0.05) is 31.9 Å². The normalized spacial score (nSPS) is 20.6. The molecule has 2 aliphatic rings. The molecule has 1 aromatic carbocycles. The maximum absolute atomic E-state index is 5.78. The molecular formula is C25H38IN5O. The van der Waals surface area contributed by atoms with Crippen molar-refractivity contribution in [3.8, 4) is 0 Å². The number of furan rings is 1. The maximum Gasteiger partial charge on any atom is 0.191 e. The molecule has 0 saturated carbocycles. The van der Waals surface area contributed by atoms with Crippen LogP contribution in [-0.4, -0.2) is 56.7 Å². The van der Waals surface area contributed by atoms with Crippen molar-refractivity contribution >= 4 is 35.6 Å². The molecule has 3 heterocycles. The van der Waals surface area contributed by atoms with Crippen molar-refractivity contribution in [2.75, 3.05) is 50.7 Å². The van der Waals surface area contributed by atoms with Gasteiger partial charge in [0.25, 0.3) is 0 Å². The van der Waals surface area contributed by atoms with E-state index in [0.717, 1.165) is 51.0 Å². The van der Waals surface area contributed by atoms with Crippen LogP contribution in [0.1, 0.15) is 44.4 Å². The molecule has 2 unspecified atom stereocenters. The van der Waals surface area contributed by atoms with Gasteiger partial charge in [-0.15, -0.1) is 24.0 Å². The van der Waals surface area contributed by atoms with E-state index in [-0.39, 0.29) is 30.0 Å². The minimum absolute atomic E-state index is 0. The highest BCUT2D eigenvalue weighted by Gasteiger charge is 2.25. The summed E-state index contributed by atoms with van der Waals surface area (Å²) in [6, 6.07) is 15.0. The van der Waals surface area contributed by atoms with E-state index in [4.69, 9.17) is 9.41 Å². The van der Waals surface area contributed by atoms with Crippen molar-refractivity contribution in [2.24, 2.45) is 10.9 Å². The van der Waals surface area contributed by atoms with E-state index in [1.807, 2.05) is 6.07 Å². The topological polar surface area (TPSA) is 56.0 Å². The Morgan fingerprint density at radius 2 is 1.88 bits per heavy atom. The van der Waals surface area contributed by atoms with Gasteiger partial charge in [-0.3, -0.25) is 9.89 Å². The lowest BCUT2D eigenvalue weighted by molar-refractivity contribution is 0.150. The maximum atomic E-state index is 5.78. The van der Waals surface area contributed by atoms with E-state index in [9.17, 15) is 0 Å². The minimum atomic E-state index is 0. The second-order valence-electron chi connectivity index (χ2n) is 8.66. The van der Waals surface area contributed by atoms with Gasteiger partial charge in [0.2, 0.25) is 0 Å². The first kappa shape index (κ1) is 24.9. The largest absolute Gasteiger partial charge is 0.468 e. The van der Waals surface area contributed by atoms with E-state index in [1.54, 1.807) is 6.26 Å². The molecule has 32 heavy (non-hydrogen) atoms. The van der Waals surface area contributed by atoms with Crippen LogP contribution in [0.4, 0.5) is 5.69 Å². The Morgan fingerprint density at radius 1 is 1.06 bits per heavy atom. The Morgan fingerprint density at radius 3 is 2.59 bits per heavy atom. The van der Waals surface area contributed by atoms with Crippen molar-refractivity contribution < 1.29 is 4.42 Å². The highest BCUT2D eigenvalue weighted by atomic mass is 127. The first-order chi connectivity index (χ1) is 15.3. The van der Waals surface area contributed by atoms with Crippen LogP contribution in [0.25, 0.3) is 0 Å². The number of nitrogens with zero attached hydrogens (tertiary/aromatic N) is 3. The smallest absolute Gasteiger partial charge is 0.191 e. The molecule has 2 fully saturated rings. The number of hydrogen-bond acceptors (Lipinski definition) is 4. The second-order valence-corrected chi connectivity index (χ2v) is 8.66. The zero-order valence-corrected chi connectivity index (χ0v) is 21.5. The molecule has 1 aromatic heterocycles. The molecule has 4 rings (SSSR count). The summed E-state index contributed by atoms with van der Waals surface area (Å²) in [5.74, 6) is 2.57. The van der Waals surface area contributed by atoms with Crippen LogP contribution >= 0.6 is 24.0 Å². The van der Waals surface area contributed by atoms with Crippen LogP contribution in [0.5, 0.6) is 0 Å². The summed E-state index contributed by atoms with van der Waals surface area (Å²) in [6.45, 7) is 9.12. The van der Waals surface area contributed by atoms with Crippen LogP contribution in [0.3, 0.4) is 0 Å². The summed E-state index contributed by atoms with van der Waals surface area (Å²) in [6.07, 6.45) is 6.84. The number of benzene rings is 1. The van der Waals surface area contributed by atoms with Crippen LogP contribution in [0.2, 0.25) is 0 Å². The Hall–Kier alpha value is -1.74.